The lowest BCUT2D eigenvalue weighted by Gasteiger charge is -2.15. The molecule has 4 N–H and O–H groups in total. The van der Waals surface area contributed by atoms with Crippen molar-refractivity contribution < 1.29 is 14.7 Å². The van der Waals surface area contributed by atoms with E-state index in [9.17, 15) is 14.7 Å². The van der Waals surface area contributed by atoms with Crippen molar-refractivity contribution in [3.05, 3.63) is 78.0 Å². The van der Waals surface area contributed by atoms with Gasteiger partial charge in [0.05, 0.1) is 16.9 Å². The molecule has 0 fully saturated rings. The van der Waals surface area contributed by atoms with Gasteiger partial charge in [0.15, 0.2) is 0 Å². The topological polar surface area (TPSA) is 116 Å². The number of para-hydroxylation sites is 2. The van der Waals surface area contributed by atoms with Crippen molar-refractivity contribution in [2.75, 3.05) is 16.0 Å². The third-order valence-electron chi connectivity index (χ3n) is 4.33. The Balaban J connectivity index is 1.89. The lowest BCUT2D eigenvalue weighted by atomic mass is 10.1. The van der Waals surface area contributed by atoms with Crippen LogP contribution in [0.4, 0.5) is 28.8 Å². The number of hydrogen-bond donors (Lipinski definition) is 4. The van der Waals surface area contributed by atoms with Crippen LogP contribution in [0.1, 0.15) is 21.5 Å². The minimum Gasteiger partial charge on any atom is -0.478 e. The van der Waals surface area contributed by atoms with Crippen molar-refractivity contribution in [2.24, 2.45) is 0 Å². The average Bonchev–Trinajstić information content (AvgIpc) is 2.73. The summed E-state index contributed by atoms with van der Waals surface area (Å²) in [6.45, 7) is 7.18. The molecule has 0 aliphatic carbocycles. The molecule has 0 aliphatic heterocycles. The minimum absolute atomic E-state index is 0.167. The number of hydrogen-bond acceptors (Lipinski definition) is 6. The van der Waals surface area contributed by atoms with Crippen molar-refractivity contribution in [3.8, 4) is 0 Å². The third-order valence-corrected chi connectivity index (χ3v) is 4.33. The molecule has 3 rings (SSSR count). The first-order chi connectivity index (χ1) is 14.4. The summed E-state index contributed by atoms with van der Waals surface area (Å²) in [6.07, 6.45) is 2.85. The molecule has 0 spiro atoms. The van der Waals surface area contributed by atoms with Gasteiger partial charge in [-0.1, -0.05) is 24.8 Å². The minimum atomic E-state index is -1.01. The van der Waals surface area contributed by atoms with E-state index in [0.29, 0.717) is 28.8 Å². The van der Waals surface area contributed by atoms with Crippen LogP contribution in [0.2, 0.25) is 0 Å². The van der Waals surface area contributed by atoms with Crippen molar-refractivity contribution in [1.82, 2.24) is 9.97 Å². The molecule has 8 nitrogen and oxygen atoms in total. The molecule has 1 heterocycles. The first kappa shape index (κ1) is 20.5. The van der Waals surface area contributed by atoms with E-state index in [1.54, 1.807) is 24.4 Å². The number of rotatable bonds is 7. The van der Waals surface area contributed by atoms with Crippen LogP contribution < -0.4 is 16.0 Å². The molecule has 0 bridgehead atoms. The summed E-state index contributed by atoms with van der Waals surface area (Å²) in [5, 5.41) is 18.2. The number of nitrogens with one attached hydrogen (secondary N) is 3. The zero-order chi connectivity index (χ0) is 21.7. The summed E-state index contributed by atoms with van der Waals surface area (Å²) in [7, 11) is 0. The van der Waals surface area contributed by atoms with E-state index in [1.165, 1.54) is 12.1 Å². The van der Waals surface area contributed by atoms with Gasteiger partial charge in [-0.3, -0.25) is 4.79 Å². The number of aromatic carboxylic acids is 1. The van der Waals surface area contributed by atoms with E-state index in [-0.39, 0.29) is 11.5 Å². The van der Waals surface area contributed by atoms with E-state index >= 15 is 0 Å². The fourth-order valence-electron chi connectivity index (χ4n) is 2.65. The van der Waals surface area contributed by atoms with Gasteiger partial charge in [0.2, 0.25) is 11.9 Å². The fraction of sp³-hybridized carbons (Fsp3) is 0.0909. The normalized spacial score (nSPS) is 10.2. The summed E-state index contributed by atoms with van der Waals surface area (Å²) in [5.41, 5.74) is 3.66. The van der Waals surface area contributed by atoms with E-state index in [2.05, 4.69) is 32.5 Å². The Labute approximate surface area is 173 Å². The molecule has 0 saturated heterocycles. The average molecular weight is 403 g/mol. The molecule has 3 aromatic rings. The molecule has 1 amide bonds. The fourth-order valence-corrected chi connectivity index (χ4v) is 2.65. The van der Waals surface area contributed by atoms with Crippen LogP contribution in [-0.2, 0) is 4.79 Å². The van der Waals surface area contributed by atoms with Crippen LogP contribution in [0.25, 0.3) is 0 Å². The molecule has 1 aromatic heterocycles. The molecule has 8 heteroatoms. The Hall–Kier alpha value is -4.20. The number of aryl methyl sites for hydroxylation is 2. The van der Waals surface area contributed by atoms with Crippen LogP contribution >= 0.6 is 0 Å². The molecule has 0 atom stereocenters. The van der Waals surface area contributed by atoms with Crippen LogP contribution in [0.3, 0.4) is 0 Å². The van der Waals surface area contributed by atoms with E-state index in [4.69, 9.17) is 0 Å². The van der Waals surface area contributed by atoms with Gasteiger partial charge in [-0.2, -0.15) is 4.98 Å². The molecule has 0 unspecified atom stereocenters. The number of nitrogens with zero attached hydrogens (tertiary/aromatic N) is 2. The molecule has 152 valence electrons. The predicted octanol–water partition coefficient (Wildman–Crippen LogP) is 4.40. The number of benzene rings is 2. The molecule has 0 radical (unpaired) electrons. The van der Waals surface area contributed by atoms with Crippen LogP contribution in [0.15, 0.2) is 61.3 Å². The first-order valence-corrected chi connectivity index (χ1v) is 9.11. The summed E-state index contributed by atoms with van der Waals surface area (Å²) in [5.74, 6) is -0.482. The number of carbonyl (C=O) groups excluding carboxylic acids is 1. The van der Waals surface area contributed by atoms with Gasteiger partial charge in [0, 0.05) is 17.4 Å². The number of anilines is 5. The molecule has 0 saturated carbocycles. The van der Waals surface area contributed by atoms with E-state index in [1.807, 2.05) is 32.0 Å². The Morgan fingerprint density at radius 1 is 1.00 bits per heavy atom. The Bertz CT molecular complexity index is 1130. The largest absolute Gasteiger partial charge is 0.478 e. The second kappa shape index (κ2) is 8.87. The maximum Gasteiger partial charge on any atom is 0.335 e. The zero-order valence-corrected chi connectivity index (χ0v) is 16.6. The SMILES string of the molecule is C=CC(=O)Nc1ccccc1Nc1nc(Nc2cc(C(=O)O)ccc2C)ncc1C. The van der Waals surface area contributed by atoms with Crippen molar-refractivity contribution in [3.63, 3.8) is 0 Å². The number of amides is 1. The molecular weight excluding hydrogens is 382 g/mol. The number of aromatic nitrogens is 2. The van der Waals surface area contributed by atoms with Gasteiger partial charge in [-0.05, 0) is 49.8 Å². The van der Waals surface area contributed by atoms with Crippen molar-refractivity contribution in [2.45, 2.75) is 13.8 Å². The Kier molecular flexibility index (Phi) is 6.07. The quantitative estimate of drug-likeness (QED) is 0.432. The smallest absolute Gasteiger partial charge is 0.335 e. The second-order valence-corrected chi connectivity index (χ2v) is 6.55. The number of carbonyl (C=O) groups is 2. The van der Waals surface area contributed by atoms with E-state index < -0.39 is 5.97 Å². The highest BCUT2D eigenvalue weighted by molar-refractivity contribution is 6.01. The monoisotopic (exact) mass is 403 g/mol. The summed E-state index contributed by atoms with van der Waals surface area (Å²) in [4.78, 5) is 31.7. The van der Waals surface area contributed by atoms with Gasteiger partial charge < -0.3 is 21.1 Å². The first-order valence-electron chi connectivity index (χ1n) is 9.11. The van der Waals surface area contributed by atoms with Crippen LogP contribution in [0.5, 0.6) is 0 Å². The zero-order valence-electron chi connectivity index (χ0n) is 16.6. The Morgan fingerprint density at radius 2 is 1.73 bits per heavy atom. The lowest BCUT2D eigenvalue weighted by molar-refractivity contribution is -0.111. The summed E-state index contributed by atoms with van der Waals surface area (Å²) in [6, 6.07) is 12.0. The highest BCUT2D eigenvalue weighted by atomic mass is 16.4. The Morgan fingerprint density at radius 3 is 2.43 bits per heavy atom. The highest BCUT2D eigenvalue weighted by Crippen LogP contribution is 2.27. The maximum atomic E-state index is 11.7. The van der Waals surface area contributed by atoms with E-state index in [0.717, 1.165) is 11.1 Å². The third kappa shape index (κ3) is 4.79. The molecular formula is C22H21N5O3. The van der Waals surface area contributed by atoms with Crippen LogP contribution in [0, 0.1) is 13.8 Å². The number of carboxylic acid groups (broad SMARTS) is 1. The molecule has 30 heavy (non-hydrogen) atoms. The molecule has 0 aliphatic rings. The van der Waals surface area contributed by atoms with Crippen molar-refractivity contribution >= 4 is 40.7 Å². The van der Waals surface area contributed by atoms with Gasteiger partial charge in [0.1, 0.15) is 5.82 Å². The van der Waals surface area contributed by atoms with Gasteiger partial charge in [-0.15, -0.1) is 0 Å². The predicted molar refractivity (Wildman–Crippen MR) is 117 cm³/mol. The molecule has 2 aromatic carbocycles. The number of carboxylic acids is 1. The summed E-state index contributed by atoms with van der Waals surface area (Å²) < 4.78 is 0. The highest BCUT2D eigenvalue weighted by Gasteiger charge is 2.11. The van der Waals surface area contributed by atoms with Gasteiger partial charge in [-0.25, -0.2) is 9.78 Å². The standard InChI is InChI=1S/C22H21N5O3/c1-4-19(28)24-16-7-5-6-8-17(16)25-20-14(3)12-23-22(27-20)26-18-11-15(21(29)30)10-9-13(18)2/h4-12H,1H2,2-3H3,(H,24,28)(H,29,30)(H2,23,25,26,27). The van der Waals surface area contributed by atoms with Gasteiger partial charge in [0.25, 0.3) is 0 Å². The lowest BCUT2D eigenvalue weighted by Crippen LogP contribution is -2.10. The van der Waals surface area contributed by atoms with Gasteiger partial charge >= 0.3 is 5.97 Å². The second-order valence-electron chi connectivity index (χ2n) is 6.55. The summed E-state index contributed by atoms with van der Waals surface area (Å²) >= 11 is 0. The van der Waals surface area contributed by atoms with Crippen molar-refractivity contribution in [1.29, 1.82) is 0 Å². The van der Waals surface area contributed by atoms with Crippen LogP contribution in [-0.4, -0.2) is 27.0 Å². The maximum absolute atomic E-state index is 11.7.